The second kappa shape index (κ2) is 8.49. The smallest absolute Gasteiger partial charge is 0.265 e. The molecule has 1 atom stereocenters. The molecule has 0 radical (unpaired) electrons. The number of anilines is 2. The molecule has 2 aliphatic heterocycles. The number of thiazole rings is 1. The molecule has 2 amide bonds. The van der Waals surface area contributed by atoms with E-state index in [4.69, 9.17) is 9.47 Å². The topological polar surface area (TPSA) is 80.8 Å². The first-order valence-corrected chi connectivity index (χ1v) is 11.0. The number of amides is 2. The Morgan fingerprint density at radius 3 is 2.90 bits per heavy atom. The fraction of sp³-hybridized carbons (Fsp3) is 0.261. The number of ether oxygens (including phenoxy) is 2. The number of benzene rings is 2. The number of aromatic nitrogens is 1. The summed E-state index contributed by atoms with van der Waals surface area (Å²) in [5, 5.41) is 5.26. The summed E-state index contributed by atoms with van der Waals surface area (Å²) in [6.07, 6.45) is 1.24. The summed E-state index contributed by atoms with van der Waals surface area (Å²) in [5.74, 6) is 0.426. The van der Waals surface area contributed by atoms with E-state index in [1.165, 1.54) is 11.3 Å². The summed E-state index contributed by atoms with van der Waals surface area (Å²) in [7, 11) is 0. The van der Waals surface area contributed by atoms with Crippen molar-refractivity contribution in [3.05, 3.63) is 59.5 Å². The number of carbonyl (C=O) groups is 2. The first-order chi connectivity index (χ1) is 15.2. The van der Waals surface area contributed by atoms with Crippen molar-refractivity contribution in [2.75, 3.05) is 23.4 Å². The molecule has 31 heavy (non-hydrogen) atoms. The van der Waals surface area contributed by atoms with Gasteiger partial charge in [-0.2, -0.15) is 0 Å². The lowest BCUT2D eigenvalue weighted by Crippen LogP contribution is -2.38. The van der Waals surface area contributed by atoms with Gasteiger partial charge in [-0.15, -0.1) is 11.3 Å². The number of hydrogen-bond acceptors (Lipinski definition) is 6. The Morgan fingerprint density at radius 2 is 2.10 bits per heavy atom. The number of rotatable bonds is 5. The summed E-state index contributed by atoms with van der Waals surface area (Å²) >= 11 is 1.36. The molecular formula is C23H21N3O4S. The highest BCUT2D eigenvalue weighted by atomic mass is 32.1. The normalized spacial score (nSPS) is 17.9. The molecule has 3 heterocycles. The van der Waals surface area contributed by atoms with Crippen LogP contribution >= 0.6 is 11.3 Å². The fourth-order valence-electron chi connectivity index (χ4n) is 3.73. The van der Waals surface area contributed by atoms with Gasteiger partial charge < -0.3 is 14.4 Å². The Hall–Kier alpha value is -3.23. The first kappa shape index (κ1) is 19.7. The molecule has 1 aromatic heterocycles. The van der Waals surface area contributed by atoms with E-state index in [0.29, 0.717) is 24.0 Å². The SMILES string of the molecule is O=C(Nc1nc(-c2ccc3c(c2)N(Cc2ccccc2)C(=O)CO3)cs1)C1CCCO1. The molecule has 7 nitrogen and oxygen atoms in total. The van der Waals surface area contributed by atoms with E-state index in [1.807, 2.05) is 53.9 Å². The largest absolute Gasteiger partial charge is 0.482 e. The quantitative estimate of drug-likeness (QED) is 0.658. The Morgan fingerprint density at radius 1 is 1.23 bits per heavy atom. The lowest BCUT2D eigenvalue weighted by Gasteiger charge is -2.29. The average molecular weight is 436 g/mol. The van der Waals surface area contributed by atoms with Crippen LogP contribution < -0.4 is 15.0 Å². The van der Waals surface area contributed by atoms with Crippen LogP contribution in [-0.4, -0.2) is 36.1 Å². The standard InChI is InChI=1S/C23H21N3O4S/c27-21-13-30-19-9-8-16(11-18(19)26(21)12-15-5-2-1-3-6-15)17-14-31-23(24-17)25-22(28)20-7-4-10-29-20/h1-3,5-6,8-9,11,14,20H,4,7,10,12-13H2,(H,24,25,28). The molecular weight excluding hydrogens is 414 g/mol. The van der Waals surface area contributed by atoms with Gasteiger partial charge in [0, 0.05) is 17.6 Å². The molecule has 0 bridgehead atoms. The Labute approximate surface area is 183 Å². The third-order valence-corrected chi connectivity index (χ3v) is 6.10. The zero-order valence-electron chi connectivity index (χ0n) is 16.7. The van der Waals surface area contributed by atoms with Crippen molar-refractivity contribution >= 4 is 34.0 Å². The van der Waals surface area contributed by atoms with Gasteiger partial charge in [0.2, 0.25) is 0 Å². The van der Waals surface area contributed by atoms with Crippen LogP contribution in [0.2, 0.25) is 0 Å². The maximum absolute atomic E-state index is 12.6. The van der Waals surface area contributed by atoms with Crippen LogP contribution in [0.15, 0.2) is 53.9 Å². The number of hydrogen-bond donors (Lipinski definition) is 1. The third-order valence-electron chi connectivity index (χ3n) is 5.34. The van der Waals surface area contributed by atoms with Crippen LogP contribution in [-0.2, 0) is 20.9 Å². The van der Waals surface area contributed by atoms with E-state index in [0.717, 1.165) is 35.3 Å². The Kier molecular flexibility index (Phi) is 5.40. The number of nitrogens with zero attached hydrogens (tertiary/aromatic N) is 2. The van der Waals surface area contributed by atoms with Crippen LogP contribution in [0.25, 0.3) is 11.3 Å². The fourth-order valence-corrected chi connectivity index (χ4v) is 4.46. The van der Waals surface area contributed by atoms with Gasteiger partial charge in [0.25, 0.3) is 11.8 Å². The van der Waals surface area contributed by atoms with Crippen LogP contribution in [0.4, 0.5) is 10.8 Å². The predicted octanol–water partition coefficient (Wildman–Crippen LogP) is 3.85. The second-order valence-corrected chi connectivity index (χ2v) is 8.32. The number of nitrogens with one attached hydrogen (secondary N) is 1. The van der Waals surface area contributed by atoms with Gasteiger partial charge in [0.05, 0.1) is 17.9 Å². The Balaban J connectivity index is 1.38. The molecule has 0 spiro atoms. The zero-order valence-corrected chi connectivity index (χ0v) is 17.6. The maximum atomic E-state index is 12.6. The maximum Gasteiger partial charge on any atom is 0.265 e. The van der Waals surface area contributed by atoms with E-state index in [2.05, 4.69) is 10.3 Å². The molecule has 5 rings (SSSR count). The third kappa shape index (κ3) is 4.17. The van der Waals surface area contributed by atoms with Gasteiger partial charge in [0.1, 0.15) is 11.9 Å². The van der Waals surface area contributed by atoms with Crippen LogP contribution in [0, 0.1) is 0 Å². The zero-order chi connectivity index (χ0) is 21.2. The highest BCUT2D eigenvalue weighted by Gasteiger charge is 2.27. The van der Waals surface area contributed by atoms with Crippen molar-refractivity contribution in [2.45, 2.75) is 25.5 Å². The first-order valence-electron chi connectivity index (χ1n) is 10.2. The second-order valence-electron chi connectivity index (χ2n) is 7.47. The number of fused-ring (bicyclic) bond motifs is 1. The summed E-state index contributed by atoms with van der Waals surface area (Å²) in [6, 6.07) is 15.5. The highest BCUT2D eigenvalue weighted by Crippen LogP contribution is 2.37. The molecule has 0 aliphatic carbocycles. The predicted molar refractivity (Wildman–Crippen MR) is 118 cm³/mol. The van der Waals surface area contributed by atoms with Gasteiger partial charge in [0.15, 0.2) is 11.7 Å². The summed E-state index contributed by atoms with van der Waals surface area (Å²) in [5.41, 5.74) is 3.34. The molecule has 1 saturated heterocycles. The number of carbonyl (C=O) groups excluding carboxylic acids is 2. The minimum atomic E-state index is -0.397. The molecule has 0 saturated carbocycles. The molecule has 2 aromatic carbocycles. The van der Waals surface area contributed by atoms with Crippen molar-refractivity contribution in [3.8, 4) is 17.0 Å². The van der Waals surface area contributed by atoms with Gasteiger partial charge >= 0.3 is 0 Å². The lowest BCUT2D eigenvalue weighted by atomic mass is 10.1. The molecule has 2 aliphatic rings. The van der Waals surface area contributed by atoms with Crippen LogP contribution in [0.3, 0.4) is 0 Å². The lowest BCUT2D eigenvalue weighted by molar-refractivity contribution is -0.124. The monoisotopic (exact) mass is 435 g/mol. The van der Waals surface area contributed by atoms with E-state index < -0.39 is 6.10 Å². The molecule has 3 aromatic rings. The summed E-state index contributed by atoms with van der Waals surface area (Å²) in [4.78, 5) is 31.2. The highest BCUT2D eigenvalue weighted by molar-refractivity contribution is 7.14. The van der Waals surface area contributed by atoms with Gasteiger partial charge in [-0.3, -0.25) is 14.9 Å². The van der Waals surface area contributed by atoms with Crippen LogP contribution in [0.1, 0.15) is 18.4 Å². The van der Waals surface area contributed by atoms with Crippen molar-refractivity contribution < 1.29 is 19.1 Å². The van der Waals surface area contributed by atoms with E-state index in [9.17, 15) is 9.59 Å². The minimum Gasteiger partial charge on any atom is -0.482 e. The summed E-state index contributed by atoms with van der Waals surface area (Å²) < 4.78 is 11.1. The van der Waals surface area contributed by atoms with Crippen molar-refractivity contribution in [1.29, 1.82) is 0 Å². The minimum absolute atomic E-state index is 0.0231. The molecule has 8 heteroatoms. The molecule has 1 unspecified atom stereocenters. The van der Waals surface area contributed by atoms with Crippen molar-refractivity contribution in [1.82, 2.24) is 4.98 Å². The molecule has 1 N–H and O–H groups in total. The Bertz CT molecular complexity index is 1110. The average Bonchev–Trinajstić information content (AvgIpc) is 3.49. The van der Waals surface area contributed by atoms with Gasteiger partial charge in [-0.25, -0.2) is 4.98 Å². The van der Waals surface area contributed by atoms with Crippen molar-refractivity contribution in [2.24, 2.45) is 0 Å². The molecule has 1 fully saturated rings. The van der Waals surface area contributed by atoms with Crippen molar-refractivity contribution in [3.63, 3.8) is 0 Å². The van der Waals surface area contributed by atoms with Crippen LogP contribution in [0.5, 0.6) is 5.75 Å². The van der Waals surface area contributed by atoms with E-state index >= 15 is 0 Å². The van der Waals surface area contributed by atoms with E-state index in [-0.39, 0.29) is 18.4 Å². The van der Waals surface area contributed by atoms with Gasteiger partial charge in [-0.05, 0) is 36.6 Å². The van der Waals surface area contributed by atoms with E-state index in [1.54, 1.807) is 4.90 Å². The summed E-state index contributed by atoms with van der Waals surface area (Å²) in [6.45, 7) is 1.12. The molecule has 158 valence electrons. The van der Waals surface area contributed by atoms with Gasteiger partial charge in [-0.1, -0.05) is 30.3 Å².